The average Bonchev–Trinajstić information content (AvgIpc) is 3.23. The third kappa shape index (κ3) is 6.40. The molecular formula is C23H42N2O6. The molecule has 4 unspecified atom stereocenters. The van der Waals surface area contributed by atoms with Crippen molar-refractivity contribution >= 4 is 11.8 Å². The fourth-order valence-corrected chi connectivity index (χ4v) is 4.78. The van der Waals surface area contributed by atoms with Crippen molar-refractivity contribution in [2.24, 2.45) is 10.8 Å². The van der Waals surface area contributed by atoms with Crippen LogP contribution < -0.4 is 10.6 Å². The van der Waals surface area contributed by atoms with Crippen LogP contribution in [0.5, 0.6) is 0 Å². The number of fused-ring (bicyclic) bond motifs is 1. The number of aliphatic hydroxyl groups is 2. The number of hydrogen-bond acceptors (Lipinski definition) is 6. The Balaban J connectivity index is 0.000000225. The molecular weight excluding hydrogens is 400 g/mol. The summed E-state index contributed by atoms with van der Waals surface area (Å²) in [5.74, 6) is -0.412. The number of ether oxygens (including phenoxy) is 2. The number of rotatable bonds is 6. The van der Waals surface area contributed by atoms with Gasteiger partial charge in [0, 0.05) is 13.1 Å². The van der Waals surface area contributed by atoms with Crippen molar-refractivity contribution in [2.75, 3.05) is 13.1 Å². The van der Waals surface area contributed by atoms with E-state index in [1.165, 1.54) is 0 Å². The summed E-state index contributed by atoms with van der Waals surface area (Å²) in [5.41, 5.74) is -0.936. The summed E-state index contributed by atoms with van der Waals surface area (Å²) >= 11 is 0. The maximum Gasteiger partial charge on any atom is 0.226 e. The Morgan fingerprint density at radius 3 is 1.48 bits per heavy atom. The fraction of sp³-hybridized carbons (Fsp3) is 0.913. The smallest absolute Gasteiger partial charge is 0.226 e. The third-order valence-electron chi connectivity index (χ3n) is 6.52. The maximum absolute atomic E-state index is 12.1. The molecule has 4 N–H and O–H groups in total. The fourth-order valence-electron chi connectivity index (χ4n) is 4.78. The van der Waals surface area contributed by atoms with Crippen LogP contribution in [0.2, 0.25) is 0 Å². The van der Waals surface area contributed by atoms with Gasteiger partial charge in [-0.15, -0.1) is 0 Å². The molecule has 2 aliphatic carbocycles. The topological polar surface area (TPSA) is 117 Å². The van der Waals surface area contributed by atoms with Gasteiger partial charge in [0.05, 0.1) is 35.2 Å². The lowest BCUT2D eigenvalue weighted by Crippen LogP contribution is -2.39. The number of carbonyl (C=O) groups is 2. The van der Waals surface area contributed by atoms with Gasteiger partial charge < -0.3 is 30.3 Å². The molecule has 0 aromatic carbocycles. The molecule has 8 heteroatoms. The van der Waals surface area contributed by atoms with E-state index in [1.807, 2.05) is 27.7 Å². The Morgan fingerprint density at radius 1 is 0.774 bits per heavy atom. The van der Waals surface area contributed by atoms with E-state index in [-0.39, 0.29) is 29.4 Å². The zero-order valence-electron chi connectivity index (χ0n) is 20.0. The van der Waals surface area contributed by atoms with Crippen molar-refractivity contribution in [1.82, 2.24) is 10.6 Å². The molecule has 180 valence electrons. The van der Waals surface area contributed by atoms with Crippen LogP contribution in [-0.4, -0.2) is 65.3 Å². The van der Waals surface area contributed by atoms with Gasteiger partial charge in [-0.05, 0) is 52.4 Å². The lowest BCUT2D eigenvalue weighted by Gasteiger charge is -2.26. The quantitative estimate of drug-likeness (QED) is 0.499. The Labute approximate surface area is 186 Å². The van der Waals surface area contributed by atoms with Crippen LogP contribution in [0.25, 0.3) is 0 Å². The van der Waals surface area contributed by atoms with Crippen molar-refractivity contribution in [3.8, 4) is 0 Å². The number of aliphatic hydroxyl groups excluding tert-OH is 2. The van der Waals surface area contributed by atoms with Crippen LogP contribution in [0.3, 0.4) is 0 Å². The van der Waals surface area contributed by atoms with E-state index in [9.17, 15) is 19.8 Å². The molecule has 0 radical (unpaired) electrons. The highest BCUT2D eigenvalue weighted by Crippen LogP contribution is 2.47. The molecule has 1 heterocycles. The SMILES string of the molecule is CCCNC(=O)C1(C)CC(O)C(O)C1.CCCNC(=O)C1(C)CC2OC(C)(C)OC2C1. The van der Waals surface area contributed by atoms with Gasteiger partial charge in [-0.2, -0.15) is 0 Å². The van der Waals surface area contributed by atoms with Gasteiger partial charge in [0.25, 0.3) is 0 Å². The summed E-state index contributed by atoms with van der Waals surface area (Å²) < 4.78 is 11.6. The number of amides is 2. The molecule has 3 aliphatic rings. The van der Waals surface area contributed by atoms with E-state index in [0.717, 1.165) is 32.2 Å². The molecule has 0 bridgehead atoms. The first kappa shape index (κ1) is 26.0. The van der Waals surface area contributed by atoms with Gasteiger partial charge in [-0.3, -0.25) is 9.59 Å². The Morgan fingerprint density at radius 2 is 1.13 bits per heavy atom. The van der Waals surface area contributed by atoms with E-state index >= 15 is 0 Å². The van der Waals surface area contributed by atoms with Crippen LogP contribution in [0.15, 0.2) is 0 Å². The predicted molar refractivity (Wildman–Crippen MR) is 117 cm³/mol. The first-order valence-electron chi connectivity index (χ1n) is 11.6. The van der Waals surface area contributed by atoms with Crippen molar-refractivity contribution < 1.29 is 29.3 Å². The molecule has 0 spiro atoms. The summed E-state index contributed by atoms with van der Waals surface area (Å²) in [5, 5.41) is 24.5. The van der Waals surface area contributed by atoms with Crippen LogP contribution in [-0.2, 0) is 19.1 Å². The van der Waals surface area contributed by atoms with Crippen molar-refractivity contribution in [3.63, 3.8) is 0 Å². The van der Waals surface area contributed by atoms with E-state index in [0.29, 0.717) is 19.4 Å². The number of hydrogen-bond donors (Lipinski definition) is 4. The molecule has 31 heavy (non-hydrogen) atoms. The normalized spacial score (nSPS) is 38.2. The van der Waals surface area contributed by atoms with Crippen molar-refractivity contribution in [3.05, 3.63) is 0 Å². The molecule has 1 aliphatic heterocycles. The van der Waals surface area contributed by atoms with Gasteiger partial charge in [-0.1, -0.05) is 27.7 Å². The van der Waals surface area contributed by atoms with Crippen LogP contribution in [0.4, 0.5) is 0 Å². The van der Waals surface area contributed by atoms with E-state index in [1.54, 1.807) is 6.92 Å². The third-order valence-corrected chi connectivity index (χ3v) is 6.52. The number of nitrogens with one attached hydrogen (secondary N) is 2. The second-order valence-corrected chi connectivity index (χ2v) is 10.3. The van der Waals surface area contributed by atoms with Crippen LogP contribution >= 0.6 is 0 Å². The van der Waals surface area contributed by atoms with Crippen molar-refractivity contribution in [2.45, 2.75) is 110 Å². The molecule has 1 saturated heterocycles. The molecule has 2 amide bonds. The van der Waals surface area contributed by atoms with E-state index < -0.39 is 23.4 Å². The highest BCUT2D eigenvalue weighted by Gasteiger charge is 2.54. The standard InChI is InChI=1S/C13H23NO3.C10H19NO3/c1-5-6-14-11(15)13(4)7-9-10(8-13)17-12(2,3)16-9;1-3-4-11-9(14)10(2)5-7(12)8(13)6-10/h9-10H,5-8H2,1-4H3,(H,14,15);7-8,12-13H,3-6H2,1-2H3,(H,11,14). The predicted octanol–water partition coefficient (Wildman–Crippen LogP) is 1.87. The zero-order chi connectivity index (χ0) is 23.4. The minimum Gasteiger partial charge on any atom is -0.390 e. The summed E-state index contributed by atoms with van der Waals surface area (Å²) in [6.45, 7) is 13.1. The molecule has 0 aromatic heterocycles. The maximum atomic E-state index is 12.1. The molecule has 0 aromatic rings. The van der Waals surface area contributed by atoms with Gasteiger partial charge in [-0.25, -0.2) is 0 Å². The summed E-state index contributed by atoms with van der Waals surface area (Å²) in [6.07, 6.45) is 2.71. The Hall–Kier alpha value is -1.22. The Kier molecular flexibility index (Phi) is 8.52. The minimum atomic E-state index is -0.757. The van der Waals surface area contributed by atoms with Crippen molar-refractivity contribution in [1.29, 1.82) is 0 Å². The minimum absolute atomic E-state index is 0.0602. The molecule has 3 rings (SSSR count). The van der Waals surface area contributed by atoms with Gasteiger partial charge in [0.2, 0.25) is 11.8 Å². The number of carbonyl (C=O) groups excluding carboxylic acids is 2. The lowest BCUT2D eigenvalue weighted by atomic mass is 9.87. The lowest BCUT2D eigenvalue weighted by molar-refractivity contribution is -0.162. The molecule has 3 fully saturated rings. The molecule has 8 nitrogen and oxygen atoms in total. The van der Waals surface area contributed by atoms with E-state index in [2.05, 4.69) is 17.6 Å². The van der Waals surface area contributed by atoms with E-state index in [4.69, 9.17) is 9.47 Å². The van der Waals surface area contributed by atoms with Gasteiger partial charge >= 0.3 is 0 Å². The highest BCUT2D eigenvalue weighted by molar-refractivity contribution is 5.83. The summed E-state index contributed by atoms with van der Waals surface area (Å²) in [7, 11) is 0. The zero-order valence-corrected chi connectivity index (χ0v) is 20.0. The average molecular weight is 443 g/mol. The summed E-state index contributed by atoms with van der Waals surface area (Å²) in [6, 6.07) is 0. The largest absolute Gasteiger partial charge is 0.390 e. The first-order chi connectivity index (χ1) is 14.4. The second kappa shape index (κ2) is 10.1. The molecule has 4 atom stereocenters. The summed E-state index contributed by atoms with van der Waals surface area (Å²) in [4.78, 5) is 23.8. The second-order valence-electron chi connectivity index (χ2n) is 10.3. The first-order valence-corrected chi connectivity index (χ1v) is 11.6. The highest BCUT2D eigenvalue weighted by atomic mass is 16.8. The Bertz CT molecular complexity index is 612. The van der Waals surface area contributed by atoms with Crippen LogP contribution in [0.1, 0.15) is 80.1 Å². The van der Waals surface area contributed by atoms with Gasteiger partial charge in [0.15, 0.2) is 5.79 Å². The van der Waals surface area contributed by atoms with Crippen LogP contribution in [0, 0.1) is 10.8 Å². The van der Waals surface area contributed by atoms with Gasteiger partial charge in [0.1, 0.15) is 0 Å². The monoisotopic (exact) mass is 442 g/mol. The molecule has 2 saturated carbocycles.